The van der Waals surface area contributed by atoms with Gasteiger partial charge in [0.2, 0.25) is 5.78 Å². The minimum absolute atomic E-state index is 0.0521. The van der Waals surface area contributed by atoms with Crippen LogP contribution in [0.3, 0.4) is 0 Å². The highest BCUT2D eigenvalue weighted by molar-refractivity contribution is 7.91. The monoisotopic (exact) mass is 392 g/mol. The van der Waals surface area contributed by atoms with Crippen molar-refractivity contribution in [2.45, 2.75) is 26.3 Å². The van der Waals surface area contributed by atoms with Crippen molar-refractivity contribution in [1.82, 2.24) is 4.57 Å². The van der Waals surface area contributed by atoms with Gasteiger partial charge in [0.1, 0.15) is 5.75 Å². The number of nitrogens with zero attached hydrogens (tertiary/aromatic N) is 2. The van der Waals surface area contributed by atoms with E-state index in [0.717, 1.165) is 11.4 Å². The van der Waals surface area contributed by atoms with Crippen LogP contribution in [0.2, 0.25) is 0 Å². The summed E-state index contributed by atoms with van der Waals surface area (Å²) in [5.74, 6) is 0.399. The largest absolute Gasteiger partial charge is 0.485 e. The molecule has 0 spiro atoms. The first-order valence-electron chi connectivity index (χ1n) is 8.47. The molecule has 1 aromatic carbocycles. The first kappa shape index (κ1) is 19.1. The van der Waals surface area contributed by atoms with E-state index in [9.17, 15) is 23.3 Å². The van der Waals surface area contributed by atoms with E-state index in [2.05, 4.69) is 0 Å². The summed E-state index contributed by atoms with van der Waals surface area (Å²) < 4.78 is 30.9. The van der Waals surface area contributed by atoms with Crippen LogP contribution >= 0.6 is 0 Å². The SMILES string of the molecule is Cc1cc(C(=O)COc2ccc([N+](=O)[O-])cc2)c(C)n1C1CCS(=O)(=O)C1. The number of nitro benzene ring substituents is 1. The van der Waals surface area contributed by atoms with E-state index in [0.29, 0.717) is 17.7 Å². The predicted molar refractivity (Wildman–Crippen MR) is 99.1 cm³/mol. The van der Waals surface area contributed by atoms with Gasteiger partial charge in [-0.3, -0.25) is 14.9 Å². The fourth-order valence-electron chi connectivity index (χ4n) is 3.49. The zero-order chi connectivity index (χ0) is 19.8. The molecule has 8 nitrogen and oxygen atoms in total. The summed E-state index contributed by atoms with van der Waals surface area (Å²) in [5, 5.41) is 10.7. The highest BCUT2D eigenvalue weighted by Crippen LogP contribution is 2.29. The summed E-state index contributed by atoms with van der Waals surface area (Å²) in [6.45, 7) is 3.45. The first-order valence-corrected chi connectivity index (χ1v) is 10.3. The Bertz CT molecular complexity index is 992. The highest BCUT2D eigenvalue weighted by Gasteiger charge is 2.31. The third-order valence-electron chi connectivity index (χ3n) is 4.78. The number of hydrogen-bond donors (Lipinski definition) is 0. The Morgan fingerprint density at radius 2 is 1.96 bits per heavy atom. The summed E-state index contributed by atoms with van der Waals surface area (Å²) in [4.78, 5) is 22.7. The fraction of sp³-hybridized carbons (Fsp3) is 0.389. The molecule has 0 saturated carbocycles. The zero-order valence-corrected chi connectivity index (χ0v) is 15.9. The van der Waals surface area contributed by atoms with Gasteiger partial charge in [0.15, 0.2) is 16.4 Å². The van der Waals surface area contributed by atoms with Gasteiger partial charge >= 0.3 is 0 Å². The normalized spacial score (nSPS) is 18.4. The molecule has 1 fully saturated rings. The van der Waals surface area contributed by atoms with Gasteiger partial charge in [0.25, 0.3) is 5.69 Å². The summed E-state index contributed by atoms with van der Waals surface area (Å²) in [5.41, 5.74) is 2.02. The number of carbonyl (C=O) groups is 1. The Kier molecular flexibility index (Phi) is 5.05. The molecule has 1 aliphatic rings. The number of ether oxygens (including phenoxy) is 1. The Balaban J connectivity index is 1.72. The number of Topliss-reactive ketones (excluding diaryl/α,β-unsaturated/α-hetero) is 1. The Morgan fingerprint density at radius 1 is 1.30 bits per heavy atom. The molecule has 1 saturated heterocycles. The molecule has 0 N–H and O–H groups in total. The topological polar surface area (TPSA) is 109 Å². The summed E-state index contributed by atoms with van der Waals surface area (Å²) in [6, 6.07) is 7.11. The van der Waals surface area contributed by atoms with Gasteiger partial charge in [0, 0.05) is 35.1 Å². The molecule has 1 unspecified atom stereocenters. The van der Waals surface area contributed by atoms with Crippen molar-refractivity contribution in [3.63, 3.8) is 0 Å². The average Bonchev–Trinajstić information content (AvgIpc) is 3.11. The average molecular weight is 392 g/mol. The molecule has 1 atom stereocenters. The number of aromatic nitrogens is 1. The maximum atomic E-state index is 12.6. The number of non-ortho nitro benzene ring substituents is 1. The molecule has 1 aliphatic heterocycles. The van der Waals surface area contributed by atoms with Crippen LogP contribution in [0.1, 0.15) is 34.2 Å². The van der Waals surface area contributed by atoms with Crippen LogP contribution in [0.25, 0.3) is 0 Å². The van der Waals surface area contributed by atoms with E-state index in [4.69, 9.17) is 4.74 Å². The number of nitro groups is 1. The number of rotatable bonds is 6. The predicted octanol–water partition coefficient (Wildman–Crippen LogP) is 2.63. The highest BCUT2D eigenvalue weighted by atomic mass is 32.2. The van der Waals surface area contributed by atoms with E-state index in [-0.39, 0.29) is 35.6 Å². The van der Waals surface area contributed by atoms with Gasteiger partial charge in [0.05, 0.1) is 16.4 Å². The first-order chi connectivity index (χ1) is 12.7. The fourth-order valence-corrected chi connectivity index (χ4v) is 5.19. The van der Waals surface area contributed by atoms with Crippen LogP contribution in [0.5, 0.6) is 5.75 Å². The molecule has 27 heavy (non-hydrogen) atoms. The number of carbonyl (C=O) groups excluding carboxylic acids is 1. The Morgan fingerprint density at radius 3 is 2.52 bits per heavy atom. The molecule has 3 rings (SSSR count). The quantitative estimate of drug-likeness (QED) is 0.425. The molecule has 0 amide bonds. The summed E-state index contributed by atoms with van der Waals surface area (Å²) in [6.07, 6.45) is 0.547. The van der Waals surface area contributed by atoms with Crippen LogP contribution in [-0.4, -0.2) is 41.8 Å². The van der Waals surface area contributed by atoms with Crippen LogP contribution in [0.4, 0.5) is 5.69 Å². The molecule has 0 bridgehead atoms. The minimum Gasteiger partial charge on any atom is -0.485 e. The third-order valence-corrected chi connectivity index (χ3v) is 6.53. The smallest absolute Gasteiger partial charge is 0.269 e. The number of ketones is 1. The lowest BCUT2D eigenvalue weighted by atomic mass is 10.1. The molecule has 144 valence electrons. The second-order valence-corrected chi connectivity index (χ2v) is 8.90. The lowest BCUT2D eigenvalue weighted by Crippen LogP contribution is -2.16. The van der Waals surface area contributed by atoms with Crippen molar-refractivity contribution >= 4 is 21.3 Å². The van der Waals surface area contributed by atoms with E-state index < -0.39 is 14.8 Å². The molecular formula is C18H20N2O6S. The number of benzene rings is 1. The van der Waals surface area contributed by atoms with Gasteiger partial charge in [-0.1, -0.05) is 0 Å². The van der Waals surface area contributed by atoms with Crippen molar-refractivity contribution < 1.29 is 22.9 Å². The maximum Gasteiger partial charge on any atom is 0.269 e. The van der Waals surface area contributed by atoms with Gasteiger partial charge in [-0.05, 0) is 38.5 Å². The minimum atomic E-state index is -3.02. The second kappa shape index (κ2) is 7.15. The van der Waals surface area contributed by atoms with Crippen LogP contribution in [0.15, 0.2) is 30.3 Å². The van der Waals surface area contributed by atoms with Gasteiger partial charge < -0.3 is 9.30 Å². The number of sulfone groups is 1. The van der Waals surface area contributed by atoms with Crippen molar-refractivity contribution in [3.05, 3.63) is 57.4 Å². The van der Waals surface area contributed by atoms with E-state index in [1.165, 1.54) is 24.3 Å². The molecule has 9 heteroatoms. The third kappa shape index (κ3) is 4.02. The molecule has 0 radical (unpaired) electrons. The van der Waals surface area contributed by atoms with E-state index >= 15 is 0 Å². The van der Waals surface area contributed by atoms with E-state index in [1.54, 1.807) is 13.0 Å². The van der Waals surface area contributed by atoms with Crippen LogP contribution < -0.4 is 4.74 Å². The second-order valence-electron chi connectivity index (χ2n) is 6.67. The van der Waals surface area contributed by atoms with Crippen molar-refractivity contribution in [2.24, 2.45) is 0 Å². The molecule has 1 aromatic heterocycles. The Hall–Kier alpha value is -2.68. The maximum absolute atomic E-state index is 12.6. The van der Waals surface area contributed by atoms with Gasteiger partial charge in [-0.25, -0.2) is 8.42 Å². The van der Waals surface area contributed by atoms with Gasteiger partial charge in [-0.2, -0.15) is 0 Å². The lowest BCUT2D eigenvalue weighted by Gasteiger charge is -2.16. The van der Waals surface area contributed by atoms with Crippen molar-refractivity contribution in [1.29, 1.82) is 0 Å². The van der Waals surface area contributed by atoms with Crippen molar-refractivity contribution in [3.8, 4) is 5.75 Å². The number of hydrogen-bond acceptors (Lipinski definition) is 6. The molecule has 2 heterocycles. The van der Waals surface area contributed by atoms with Crippen LogP contribution in [-0.2, 0) is 9.84 Å². The molecule has 0 aliphatic carbocycles. The van der Waals surface area contributed by atoms with E-state index in [1.807, 2.05) is 11.5 Å². The van der Waals surface area contributed by atoms with Crippen molar-refractivity contribution in [2.75, 3.05) is 18.1 Å². The number of aryl methyl sites for hydroxylation is 1. The zero-order valence-electron chi connectivity index (χ0n) is 15.0. The molecule has 2 aromatic rings. The molecular weight excluding hydrogens is 372 g/mol. The summed E-state index contributed by atoms with van der Waals surface area (Å²) in [7, 11) is -3.02. The summed E-state index contributed by atoms with van der Waals surface area (Å²) >= 11 is 0. The Labute approximate surface area is 156 Å². The standard InChI is InChI=1S/C18H20N2O6S/c1-12-9-17(13(2)19(12)15-7-8-27(24,25)11-15)18(21)10-26-16-5-3-14(4-6-16)20(22)23/h3-6,9,15H,7-8,10-11H2,1-2H3. The van der Waals surface area contributed by atoms with Crippen LogP contribution in [0, 0.1) is 24.0 Å². The lowest BCUT2D eigenvalue weighted by molar-refractivity contribution is -0.384. The van der Waals surface area contributed by atoms with Gasteiger partial charge in [-0.15, -0.1) is 0 Å².